The molecule has 0 N–H and O–H groups in total. The van der Waals surface area contributed by atoms with Gasteiger partial charge in [-0.1, -0.05) is 131 Å². The molecule has 1 aromatic carbocycles. The molecule has 7 aromatic heterocycles. The van der Waals surface area contributed by atoms with Gasteiger partial charge in [-0.3, -0.25) is 15.0 Å². The van der Waals surface area contributed by atoms with Crippen molar-refractivity contribution in [2.75, 3.05) is 42.7 Å². The maximum Gasteiger partial charge on any atom is 0.319 e. The van der Waals surface area contributed by atoms with E-state index in [1.165, 1.54) is 12.7 Å². The molecule has 648 valence electrons. The van der Waals surface area contributed by atoms with Crippen molar-refractivity contribution in [2.45, 2.75) is 174 Å². The fourth-order valence-corrected chi connectivity index (χ4v) is 22.1. The molecule has 0 bridgehead atoms. The van der Waals surface area contributed by atoms with E-state index in [1.54, 1.807) is 60.2 Å². The van der Waals surface area contributed by atoms with Gasteiger partial charge >= 0.3 is 6.01 Å². The van der Waals surface area contributed by atoms with Gasteiger partial charge in [0.15, 0.2) is 40.6 Å². The number of fused-ring (bicyclic) bond motifs is 15. The van der Waals surface area contributed by atoms with Gasteiger partial charge in [-0.15, -0.1) is 0 Å². The number of benzene rings is 1. The van der Waals surface area contributed by atoms with E-state index in [-0.39, 0.29) is 117 Å². The van der Waals surface area contributed by atoms with Crippen LogP contribution in [0, 0.1) is 98.5 Å². The van der Waals surface area contributed by atoms with Gasteiger partial charge in [0.2, 0.25) is 52.0 Å². The highest BCUT2D eigenvalue weighted by Gasteiger charge is 2.57. The second-order valence-electron chi connectivity index (χ2n) is 35.7. The number of Topliss-reactive ketones (excluding diaryl/α,β-unsaturated/α-hetero) is 5. The first-order chi connectivity index (χ1) is 60.7. The molecule has 14 atom stereocenters. The number of ketones is 5. The lowest BCUT2D eigenvalue weighted by atomic mass is 9.53. The molecule has 7 heterocycles. The summed E-state index contributed by atoms with van der Waals surface area (Å²) in [5.41, 5.74) is 10.8. The Morgan fingerprint density at radius 3 is 1.24 bits per heavy atom. The molecule has 0 radical (unpaired) electrons. The molecule has 0 saturated carbocycles. The summed E-state index contributed by atoms with van der Waals surface area (Å²) in [6, 6.07) is 21.5. The van der Waals surface area contributed by atoms with E-state index in [1.807, 2.05) is 140 Å². The first-order valence-corrected chi connectivity index (χ1v) is 42.7. The van der Waals surface area contributed by atoms with E-state index < -0.39 is 32.5 Å². The number of nitrogens with zero attached hydrogens (tertiary/aromatic N) is 16. The van der Waals surface area contributed by atoms with Crippen molar-refractivity contribution in [3.8, 4) is 69.4 Å². The summed E-state index contributed by atoms with van der Waals surface area (Å²) in [5, 5.41) is 0. The van der Waals surface area contributed by atoms with Gasteiger partial charge in [-0.2, -0.15) is 24.9 Å². The first-order valence-electron chi connectivity index (χ1n) is 42.7. The standard InChI is InChI=1S/C23H23N3O3.C22H21N3O.C21H20N4O2.C17H19N3O3.C17H19N3O2/c1-13-16-11-10-15-20(23(16,2)12-17(24-3)19(13)27)25-21(26-22(15)29-5)14-8-6-7-9-18(14)28-4;1-21(2)18-11-9-14-8-10-16(15-7-5-6-12-24-15)25-19(14)22(18,3)13-17(23-4)20(21)26;1-12-15-8-7-14-18(21(15,2)10-16(22-3)17(12)26)24-19(25-20(14)27-4)13-6-5-9-23-11-13;1-9-11-7-6-10-14(19-16(23-5)20-15(10)22-4)17(11,2)8-12(18-3)13(9)21;1-9-12-7-6-11-15(19-10(2)20-16(11)22-5)17(12,3)8-13(18-4)14(9)21/h6-9,12-13,16H,10-11H2,1-2,4-5H3;5-8,10,12-13,18H,9,11H2,1-3H3;5-6,9-12,15H,7-8H2,1-2,4H3;8-9,11H,6-7H2,1-2,4-5H3;8-9,12H,6-7H2,1-3,5H3/t13-,16-,23-;18-,22-;12-,15-,21-;9-,11-,17-;9-,12-,17-/m00000/s1. The molecule has 127 heavy (non-hydrogen) atoms. The van der Waals surface area contributed by atoms with Crippen LogP contribution in [-0.2, 0) is 83.2 Å². The molecule has 18 rings (SSSR count). The zero-order chi connectivity index (χ0) is 91.3. The van der Waals surface area contributed by atoms with Gasteiger partial charge in [-0.25, -0.2) is 39.2 Å². The molecule has 0 saturated heterocycles. The summed E-state index contributed by atoms with van der Waals surface area (Å²) in [7, 11) is 9.53. The molecule has 10 aliphatic rings. The third kappa shape index (κ3) is 15.4. The van der Waals surface area contributed by atoms with Gasteiger partial charge in [0, 0.05) is 103 Å². The Morgan fingerprint density at radius 2 is 0.803 bits per heavy atom. The predicted molar refractivity (Wildman–Crippen MR) is 473 cm³/mol. The number of methoxy groups -OCH3 is 6. The SMILES string of the molecule is [C-]#[N+]C1=C[C@]2(C)c3nc(-c4ccccc4OC)nc(OC)c3CC[C@H]2[C@H](C)C1=O.[C-]#[N+]C1=C[C@]2(C)c3nc(-c4ccccn4)ccc3CC[C@H]2C(C)(C)C1=O.[C-]#[N+]C1=C[C@]2(C)c3nc(-c4cccnc4)nc(OC)c3CC[C@H]2[C@H](C)C1=O.[C-]#[N+]C1=C[C@]2(C)c3nc(C)nc(OC)c3CC[C@H]2[C@H](C)C1=O.[C-]#[N+]C1=C[C@]2(C)c3nc(OC)nc(OC)c3CC[C@H]2[C@H](C)C1=O. The van der Waals surface area contributed by atoms with Crippen LogP contribution >= 0.6 is 0 Å². The smallest absolute Gasteiger partial charge is 0.319 e. The molecule has 27 heteroatoms. The van der Waals surface area contributed by atoms with Crippen LogP contribution in [0.1, 0.15) is 170 Å². The van der Waals surface area contributed by atoms with Crippen molar-refractivity contribution >= 4 is 28.9 Å². The van der Waals surface area contributed by atoms with E-state index >= 15 is 0 Å². The molecule has 27 nitrogen and oxygen atoms in total. The van der Waals surface area contributed by atoms with E-state index in [0.717, 1.165) is 137 Å². The molecule has 0 amide bonds. The molecule has 10 aliphatic carbocycles. The maximum absolute atomic E-state index is 12.8. The normalized spacial score (nSPS) is 27.2. The van der Waals surface area contributed by atoms with E-state index in [9.17, 15) is 24.0 Å². The van der Waals surface area contributed by atoms with Crippen LogP contribution in [0.3, 0.4) is 0 Å². The number of aromatic nitrogens is 11. The fourth-order valence-electron chi connectivity index (χ4n) is 22.1. The molecule has 0 spiro atoms. The Labute approximate surface area is 740 Å². The van der Waals surface area contributed by atoms with Crippen molar-refractivity contribution in [1.82, 2.24) is 54.8 Å². The highest BCUT2D eigenvalue weighted by atomic mass is 16.5. The average molecular weight is 1700 g/mol. The summed E-state index contributed by atoms with van der Waals surface area (Å²) in [6.07, 6.45) is 22.5. The minimum absolute atomic E-state index is 0.0423. The van der Waals surface area contributed by atoms with E-state index in [2.05, 4.69) is 97.9 Å². The van der Waals surface area contributed by atoms with Crippen LogP contribution in [0.15, 0.2) is 144 Å². The zero-order valence-electron chi connectivity index (χ0n) is 74.9. The molecular formula is C100H102N16O11. The Kier molecular flexibility index (Phi) is 24.7. The fraction of sp³-hybridized carbons (Fsp3) is 0.430. The third-order valence-corrected chi connectivity index (χ3v) is 28.5. The number of pyridine rings is 3. The number of aryl methyl sites for hydroxylation is 2. The van der Waals surface area contributed by atoms with Crippen molar-refractivity contribution in [3.63, 3.8) is 0 Å². The van der Waals surface area contributed by atoms with Gasteiger partial charge in [-0.05, 0) is 149 Å². The summed E-state index contributed by atoms with van der Waals surface area (Å²) in [4.78, 5) is 130. The second kappa shape index (κ2) is 35.0. The van der Waals surface area contributed by atoms with Gasteiger partial charge in [0.05, 0.1) is 121 Å². The number of para-hydroxylation sites is 1. The van der Waals surface area contributed by atoms with Crippen LogP contribution in [0.4, 0.5) is 0 Å². The number of ether oxygens (including phenoxy) is 6. The third-order valence-electron chi connectivity index (χ3n) is 28.5. The van der Waals surface area contributed by atoms with Crippen LogP contribution in [0.5, 0.6) is 35.3 Å². The summed E-state index contributed by atoms with van der Waals surface area (Å²) in [6.45, 7) is 60.8. The number of carbonyl (C=O) groups is 5. The highest BCUT2D eigenvalue weighted by molar-refractivity contribution is 6.04. The number of allylic oxidation sites excluding steroid dienone is 10. The molecular weight excluding hydrogens is 1600 g/mol. The van der Waals surface area contributed by atoms with Crippen LogP contribution in [-0.4, -0.2) is 126 Å². The van der Waals surface area contributed by atoms with Crippen molar-refractivity contribution in [2.24, 2.45) is 58.7 Å². The Balaban J connectivity index is 0.000000129. The lowest BCUT2D eigenvalue weighted by molar-refractivity contribution is -0.128. The second-order valence-corrected chi connectivity index (χ2v) is 35.7. The Morgan fingerprint density at radius 1 is 0.378 bits per heavy atom. The van der Waals surface area contributed by atoms with Crippen molar-refractivity contribution in [3.05, 3.63) is 263 Å². The largest absolute Gasteiger partial charge is 0.496 e. The molecule has 0 fully saturated rings. The van der Waals surface area contributed by atoms with E-state index in [0.29, 0.717) is 46.7 Å². The lowest BCUT2D eigenvalue weighted by Crippen LogP contribution is -2.51. The number of hydrogen-bond donors (Lipinski definition) is 0. The van der Waals surface area contributed by atoms with Crippen molar-refractivity contribution < 1.29 is 52.4 Å². The predicted octanol–water partition coefficient (Wildman–Crippen LogP) is 16.7. The number of rotatable bonds is 9. The van der Waals surface area contributed by atoms with E-state index in [4.69, 9.17) is 76.2 Å². The summed E-state index contributed by atoms with van der Waals surface area (Å²) in [5.74, 6) is 4.11. The summed E-state index contributed by atoms with van der Waals surface area (Å²) >= 11 is 0. The highest BCUT2D eigenvalue weighted by Crippen LogP contribution is 2.58. The maximum atomic E-state index is 12.8. The van der Waals surface area contributed by atoms with Gasteiger partial charge in [0.25, 0.3) is 0 Å². The van der Waals surface area contributed by atoms with Crippen LogP contribution in [0.2, 0.25) is 0 Å². The monoisotopic (exact) mass is 1700 g/mol. The summed E-state index contributed by atoms with van der Waals surface area (Å²) < 4.78 is 32.7. The average Bonchev–Trinajstić information content (AvgIpc) is 0.703. The molecule has 0 unspecified atom stereocenters. The number of carbonyl (C=O) groups excluding carboxylic acids is 5. The molecule has 0 aliphatic heterocycles. The quantitative estimate of drug-likeness (QED) is 0.121. The zero-order valence-corrected chi connectivity index (χ0v) is 74.9. The van der Waals surface area contributed by atoms with Crippen molar-refractivity contribution in [1.29, 1.82) is 0 Å². The lowest BCUT2D eigenvalue weighted by Gasteiger charge is -2.50. The minimum atomic E-state index is -0.566. The topological polar surface area (TPSA) is 304 Å². The van der Waals surface area contributed by atoms with Gasteiger partial charge < -0.3 is 52.4 Å². The number of hydrogen-bond acceptors (Lipinski definition) is 22. The Hall–Kier alpha value is -13.7. The Bertz CT molecular complexity index is 6240. The minimum Gasteiger partial charge on any atom is -0.496 e. The van der Waals surface area contributed by atoms with Gasteiger partial charge in [0.1, 0.15) is 11.6 Å². The van der Waals surface area contributed by atoms with Crippen LogP contribution in [0.25, 0.3) is 58.4 Å². The first kappa shape index (κ1) is 89.6. The molecule has 8 aromatic rings. The van der Waals surface area contributed by atoms with Crippen LogP contribution < -0.4 is 28.4 Å².